The molecule has 2 bridgehead atoms. The number of nitrogens with one attached hydrogen (secondary N) is 9. The van der Waals surface area contributed by atoms with Gasteiger partial charge in [0.15, 0.2) is 5.78 Å². The number of amides is 9. The molecule has 538 valence electrons. The molecule has 9 amide bonds. The lowest BCUT2D eigenvalue weighted by Crippen LogP contribution is -2.60. The number of fused-ring (bicyclic) bond motifs is 5. The number of ketones is 1. The topological polar surface area (TPSA) is 412 Å². The normalized spacial score (nSPS) is 26.6. The molecule has 2 aliphatic carbocycles. The number of aliphatic carboxylic acids is 1. The molecule has 30 heteroatoms. The van der Waals surface area contributed by atoms with Gasteiger partial charge >= 0.3 is 5.97 Å². The Labute approximate surface area is 585 Å². The van der Waals surface area contributed by atoms with Crippen LogP contribution >= 0.6 is 23.5 Å². The summed E-state index contributed by atoms with van der Waals surface area (Å²) in [6.07, 6.45) is 4.85. The highest BCUT2D eigenvalue weighted by Gasteiger charge is 2.44. The number of thioether (sulfide) groups is 2. The Balaban J connectivity index is 1.04. The van der Waals surface area contributed by atoms with Crippen molar-refractivity contribution in [2.75, 3.05) is 31.1 Å². The number of hydrogen-bond acceptors (Lipinski definition) is 16. The lowest BCUT2D eigenvalue weighted by Gasteiger charge is -2.33. The van der Waals surface area contributed by atoms with Crippen LogP contribution in [0.25, 0.3) is 10.9 Å². The van der Waals surface area contributed by atoms with E-state index in [0.29, 0.717) is 96.5 Å². The van der Waals surface area contributed by atoms with E-state index in [9.17, 15) is 53.0 Å². The molecule has 0 radical (unpaired) electrons. The van der Waals surface area contributed by atoms with E-state index in [-0.39, 0.29) is 93.6 Å². The molecule has 2 aromatic heterocycles. The minimum absolute atomic E-state index is 0.0325. The number of carbonyl (C=O) groups excluding carboxylic acids is 10. The lowest BCUT2D eigenvalue weighted by molar-refractivity contribution is -0.142. The average Bonchev–Trinajstić information content (AvgIpc) is 1.64. The molecule has 2 saturated carbocycles. The molecule has 2 aliphatic heterocycles. The van der Waals surface area contributed by atoms with Crippen LogP contribution in [0.15, 0.2) is 85.5 Å². The number of nitrogens with two attached hydrogens (primary N) is 2. The quantitative estimate of drug-likeness (QED) is 0.0666. The molecule has 3 aromatic carbocycles. The first-order valence-corrected chi connectivity index (χ1v) is 36.4. The summed E-state index contributed by atoms with van der Waals surface area (Å²) in [4.78, 5) is 168. The smallest absolute Gasteiger partial charge is 0.305 e. The van der Waals surface area contributed by atoms with Crippen molar-refractivity contribution < 1.29 is 71.7 Å². The summed E-state index contributed by atoms with van der Waals surface area (Å²) in [5.74, 6) is -10.2. The molecule has 3 fully saturated rings. The summed E-state index contributed by atoms with van der Waals surface area (Å²) in [5, 5.41) is 39.5. The van der Waals surface area contributed by atoms with Crippen LogP contribution in [0.2, 0.25) is 0 Å². The minimum atomic E-state index is -1.97. The third-order valence-corrected chi connectivity index (χ3v) is 21.4. The van der Waals surface area contributed by atoms with Crippen LogP contribution in [0.1, 0.15) is 118 Å². The number of carboxylic acids is 1. The maximum absolute atomic E-state index is 15.3. The van der Waals surface area contributed by atoms with Crippen molar-refractivity contribution >= 4 is 99.3 Å². The second-order valence-electron chi connectivity index (χ2n) is 26.4. The van der Waals surface area contributed by atoms with Gasteiger partial charge in [-0.15, -0.1) is 0 Å². The van der Waals surface area contributed by atoms with Gasteiger partial charge in [-0.25, -0.2) is 13.8 Å². The zero-order valence-corrected chi connectivity index (χ0v) is 57.1. The second-order valence-corrected chi connectivity index (χ2v) is 28.6. The maximum Gasteiger partial charge on any atom is 0.305 e. The summed E-state index contributed by atoms with van der Waals surface area (Å²) < 4.78 is 30.1. The number of phenols is 1. The predicted molar refractivity (Wildman–Crippen MR) is 369 cm³/mol. The number of benzene rings is 3. The van der Waals surface area contributed by atoms with Gasteiger partial charge in [-0.3, -0.25) is 52.7 Å². The summed E-state index contributed by atoms with van der Waals surface area (Å²) in [5.41, 5.74) is 15.2. The Morgan fingerprint density at radius 2 is 1.40 bits per heavy atom. The number of aromatic hydroxyl groups is 1. The van der Waals surface area contributed by atoms with Crippen LogP contribution in [-0.4, -0.2) is 175 Å². The highest BCUT2D eigenvalue weighted by molar-refractivity contribution is 7.98. The standard InChI is InChI=1S/C70H89F2N13O13S2/c71-46-14-13-42-11-12-43(50(42)28-46)25-55-67(95)83-57(31-63(90)91)69(97)82-56(30-48-33-75-38-78-48)68(96)84-58(24-39-9-16-49(86)17-10-39)70(98)85-21-4-8-59(85)60(87)27-45(64(74)92)37-100-36-41-6-3-5-40(23-41)35-99-22-19-61(88)79-53(7-1-2-20-73)65(93)77-34-62(89)80-54(66(94)81-55)26-44-32-76-52-18-15-47(72)29-51(44)52/h3,5-6,9-10,15-18,23,29,32-33,38,42-43,45-46,50,53-59,76,86H,1-2,4,7-8,11-14,19-22,24-28,30-31,34-37,73H2,(H2,74,92)(H,75,78)(H,77,93)(H,79,88)(H,80,89)(H,81,94)(H,82,97)(H,83,95)(H,84,96)(H,90,91)/t42?,43?,45-,46?,50?,53-,54-,55-,56+,57-,58-,59-/m0/s1. The summed E-state index contributed by atoms with van der Waals surface area (Å²) in [6.45, 7) is -0.298. The third-order valence-electron chi connectivity index (χ3n) is 19.2. The zero-order chi connectivity index (χ0) is 71.4. The molecule has 1 saturated heterocycles. The van der Waals surface area contributed by atoms with Crippen molar-refractivity contribution in [1.29, 1.82) is 0 Å². The first-order valence-electron chi connectivity index (χ1n) is 34.1. The number of carboxylic acid groups (broad SMARTS) is 1. The number of hydrogen-bond donors (Lipinski definition) is 13. The highest BCUT2D eigenvalue weighted by Crippen LogP contribution is 2.48. The van der Waals surface area contributed by atoms with E-state index in [1.54, 1.807) is 0 Å². The van der Waals surface area contributed by atoms with Gasteiger partial charge in [0, 0.05) is 90.7 Å². The van der Waals surface area contributed by atoms with E-state index < -0.39 is 138 Å². The Hall–Kier alpha value is -8.90. The number of rotatable bonds is 15. The van der Waals surface area contributed by atoms with E-state index in [4.69, 9.17) is 11.5 Å². The number of primary amides is 1. The van der Waals surface area contributed by atoms with Gasteiger partial charge in [0.25, 0.3) is 0 Å². The van der Waals surface area contributed by atoms with Crippen LogP contribution in [0.4, 0.5) is 8.78 Å². The summed E-state index contributed by atoms with van der Waals surface area (Å²) >= 11 is 2.88. The molecule has 15 N–H and O–H groups in total. The molecule has 4 unspecified atom stereocenters. The SMILES string of the molecule is NCCCC[C@@H]1NC(=O)CCSCc2cccc(c2)CSC[C@@H](C(N)=O)CC(=O)[C@@H]2CCCN2C(=O)[C@H](Cc2ccc(O)cc2)NC(=O)[C@@H](Cc2cnc[nH]2)NC(=O)[C@H](CC(=O)O)NC(=O)[C@H](CC2CCC3CCC(F)CC32)NC(=O)[C@H](Cc2c[nH]c3ccc(F)cc23)NC(=O)CNC1=O. The number of nitrogens with zero attached hydrogens (tertiary/aromatic N) is 2. The first-order chi connectivity index (χ1) is 48.1. The number of imidazole rings is 1. The fourth-order valence-electron chi connectivity index (χ4n) is 14.0. The largest absolute Gasteiger partial charge is 0.508 e. The molecule has 12 atom stereocenters. The summed E-state index contributed by atoms with van der Waals surface area (Å²) in [6, 6.07) is 7.18. The number of Topliss-reactive ketones (excluding diaryl/α,β-unsaturated/α-hetero) is 1. The molecule has 4 aliphatic rings. The van der Waals surface area contributed by atoms with Gasteiger partial charge in [0.1, 0.15) is 54.0 Å². The summed E-state index contributed by atoms with van der Waals surface area (Å²) in [7, 11) is 0. The number of aromatic nitrogens is 3. The molecular formula is C70H89F2N13O13S2. The molecule has 4 heterocycles. The number of phenolic OH excluding ortho intramolecular Hbond substituents is 1. The molecular weight excluding hydrogens is 1330 g/mol. The van der Waals surface area contributed by atoms with Crippen LogP contribution in [-0.2, 0) is 83.5 Å². The van der Waals surface area contributed by atoms with Crippen molar-refractivity contribution in [1.82, 2.24) is 57.1 Å². The highest BCUT2D eigenvalue weighted by atomic mass is 32.2. The molecule has 26 nitrogen and oxygen atoms in total. The van der Waals surface area contributed by atoms with E-state index in [0.717, 1.165) is 11.1 Å². The van der Waals surface area contributed by atoms with E-state index >= 15 is 18.8 Å². The van der Waals surface area contributed by atoms with Crippen molar-refractivity contribution in [2.24, 2.45) is 35.1 Å². The number of carbonyl (C=O) groups is 11. The Morgan fingerprint density at radius 1 is 0.710 bits per heavy atom. The van der Waals surface area contributed by atoms with Crippen LogP contribution < -0.4 is 48.7 Å². The lowest BCUT2D eigenvalue weighted by atomic mass is 9.75. The number of H-pyrrole nitrogens is 2. The second kappa shape index (κ2) is 36.4. The minimum Gasteiger partial charge on any atom is -0.508 e. The van der Waals surface area contributed by atoms with E-state index in [1.807, 2.05) is 24.3 Å². The van der Waals surface area contributed by atoms with Gasteiger partial charge in [0.05, 0.1) is 31.3 Å². The Bertz CT molecular complexity index is 3720. The Kier molecular flexibility index (Phi) is 27.4. The third kappa shape index (κ3) is 21.6. The number of halogens is 2. The van der Waals surface area contributed by atoms with Gasteiger partial charge in [-0.05, 0) is 148 Å². The van der Waals surface area contributed by atoms with Crippen molar-refractivity contribution in [3.63, 3.8) is 0 Å². The maximum atomic E-state index is 15.3. The first kappa shape index (κ1) is 75.3. The molecule has 100 heavy (non-hydrogen) atoms. The van der Waals surface area contributed by atoms with Crippen LogP contribution in [0, 0.1) is 29.5 Å². The number of unbranched alkanes of at least 4 members (excludes halogenated alkanes) is 1. The molecule has 0 spiro atoms. The van der Waals surface area contributed by atoms with Gasteiger partial charge in [0.2, 0.25) is 53.2 Å². The van der Waals surface area contributed by atoms with E-state index in [2.05, 4.69) is 52.2 Å². The molecule has 9 rings (SSSR count). The van der Waals surface area contributed by atoms with Crippen LogP contribution in [0.5, 0.6) is 5.75 Å². The van der Waals surface area contributed by atoms with Crippen LogP contribution in [0.3, 0.4) is 0 Å². The fraction of sp³-hybridized carbons (Fsp3) is 0.514. The van der Waals surface area contributed by atoms with Gasteiger partial charge < -0.3 is 73.8 Å². The number of alkyl halides is 1. The van der Waals surface area contributed by atoms with Crippen molar-refractivity contribution in [3.8, 4) is 5.75 Å². The zero-order valence-electron chi connectivity index (χ0n) is 55.5. The average molecular weight is 1420 g/mol. The molecule has 5 aromatic rings. The number of aromatic amines is 2. The van der Waals surface area contributed by atoms with Crippen molar-refractivity contribution in [3.05, 3.63) is 119 Å². The predicted octanol–water partition coefficient (Wildman–Crippen LogP) is 3.57. The fourth-order valence-corrected chi connectivity index (χ4v) is 16.0. The Morgan fingerprint density at radius 3 is 2.13 bits per heavy atom. The monoisotopic (exact) mass is 1420 g/mol. The van der Waals surface area contributed by atoms with E-state index in [1.165, 1.54) is 89.6 Å². The van der Waals surface area contributed by atoms with Gasteiger partial charge in [-0.2, -0.15) is 23.5 Å². The van der Waals surface area contributed by atoms with Gasteiger partial charge in [-0.1, -0.05) is 36.4 Å². The van der Waals surface area contributed by atoms with Crippen molar-refractivity contribution in [2.45, 2.75) is 169 Å².